The molecule has 1 spiro atoms. The largest absolute Gasteiger partial charge is 0.378 e. The maximum atomic E-state index is 12.4. The van der Waals surface area contributed by atoms with E-state index in [1.165, 1.54) is 6.33 Å². The molecular weight excluding hydrogens is 232 g/mol. The van der Waals surface area contributed by atoms with Crippen molar-refractivity contribution in [2.45, 2.75) is 24.9 Å². The summed E-state index contributed by atoms with van der Waals surface area (Å²) in [6.45, 7) is 1.98. The molecule has 1 aromatic rings. The normalized spacial score (nSPS) is 31.7. The molecule has 2 atom stereocenters. The van der Waals surface area contributed by atoms with Gasteiger partial charge in [-0.2, -0.15) is 0 Å². The number of hydrogen-bond acceptors (Lipinski definition) is 5. The van der Waals surface area contributed by atoms with Crippen LogP contribution in [-0.2, 0) is 9.47 Å². The molecule has 2 fully saturated rings. The van der Waals surface area contributed by atoms with E-state index in [1.807, 2.05) is 0 Å². The van der Waals surface area contributed by atoms with Crippen LogP contribution in [0.25, 0.3) is 0 Å². The highest BCUT2D eigenvalue weighted by Crippen LogP contribution is 2.36. The van der Waals surface area contributed by atoms with Crippen molar-refractivity contribution in [1.82, 2.24) is 9.97 Å². The van der Waals surface area contributed by atoms with Crippen molar-refractivity contribution >= 4 is 5.78 Å². The zero-order chi connectivity index (χ0) is 12.4. The lowest BCUT2D eigenvalue weighted by Gasteiger charge is -2.36. The van der Waals surface area contributed by atoms with Crippen LogP contribution in [0.1, 0.15) is 29.6 Å². The van der Waals surface area contributed by atoms with Gasteiger partial charge in [0.25, 0.3) is 0 Å². The van der Waals surface area contributed by atoms with Gasteiger partial charge in [-0.1, -0.05) is 0 Å². The summed E-state index contributed by atoms with van der Waals surface area (Å²) in [5.74, 6) is 0.136. The maximum Gasteiger partial charge on any atom is 0.169 e. The molecule has 18 heavy (non-hydrogen) atoms. The van der Waals surface area contributed by atoms with Gasteiger partial charge in [-0.15, -0.1) is 0 Å². The highest BCUT2D eigenvalue weighted by atomic mass is 16.6. The average molecular weight is 248 g/mol. The van der Waals surface area contributed by atoms with Crippen LogP contribution in [0.3, 0.4) is 0 Å². The van der Waals surface area contributed by atoms with E-state index >= 15 is 0 Å². The highest BCUT2D eigenvalue weighted by molar-refractivity contribution is 5.97. The standard InChI is InChI=1S/C13H16N2O3/c16-12(11-6-14-9-15-7-11)10-1-3-18-13(5-10)2-4-17-8-13/h6-7,9-10H,1-5,8H2. The summed E-state index contributed by atoms with van der Waals surface area (Å²) in [7, 11) is 0. The molecular formula is C13H16N2O3. The Hall–Kier alpha value is -1.33. The van der Waals surface area contributed by atoms with Gasteiger partial charge in [-0.3, -0.25) is 4.79 Å². The zero-order valence-corrected chi connectivity index (χ0v) is 10.2. The van der Waals surface area contributed by atoms with E-state index < -0.39 is 0 Å². The first kappa shape index (κ1) is 11.7. The Balaban J connectivity index is 1.74. The van der Waals surface area contributed by atoms with Gasteiger partial charge in [0, 0.05) is 37.9 Å². The Morgan fingerprint density at radius 2 is 2.17 bits per heavy atom. The van der Waals surface area contributed by atoms with Crippen LogP contribution in [0.4, 0.5) is 0 Å². The summed E-state index contributed by atoms with van der Waals surface area (Å²) < 4.78 is 11.2. The summed E-state index contributed by atoms with van der Waals surface area (Å²) in [5.41, 5.74) is 0.368. The summed E-state index contributed by atoms with van der Waals surface area (Å²) in [6, 6.07) is 0. The van der Waals surface area contributed by atoms with E-state index in [9.17, 15) is 4.79 Å². The van der Waals surface area contributed by atoms with Crippen molar-refractivity contribution in [3.63, 3.8) is 0 Å². The summed E-state index contributed by atoms with van der Waals surface area (Å²) in [6.07, 6.45) is 7.02. The molecule has 0 aromatic carbocycles. The molecule has 0 radical (unpaired) electrons. The number of ether oxygens (including phenoxy) is 2. The third kappa shape index (κ3) is 2.15. The van der Waals surface area contributed by atoms with Gasteiger partial charge in [-0.05, 0) is 12.8 Å². The first-order valence-corrected chi connectivity index (χ1v) is 6.30. The van der Waals surface area contributed by atoms with Crippen molar-refractivity contribution < 1.29 is 14.3 Å². The smallest absolute Gasteiger partial charge is 0.169 e. The van der Waals surface area contributed by atoms with Gasteiger partial charge >= 0.3 is 0 Å². The van der Waals surface area contributed by atoms with Gasteiger partial charge in [0.1, 0.15) is 6.33 Å². The minimum atomic E-state index is -0.228. The summed E-state index contributed by atoms with van der Waals surface area (Å²) in [5, 5.41) is 0. The molecule has 1 aromatic heterocycles. The summed E-state index contributed by atoms with van der Waals surface area (Å²) in [4.78, 5) is 20.2. The van der Waals surface area contributed by atoms with Gasteiger partial charge in [0.2, 0.25) is 0 Å². The Kier molecular flexibility index (Phi) is 3.09. The number of Topliss-reactive ketones (excluding diaryl/α,β-unsaturated/α-hetero) is 1. The molecule has 5 nitrogen and oxygen atoms in total. The van der Waals surface area contributed by atoms with Crippen LogP contribution >= 0.6 is 0 Å². The molecule has 2 aliphatic heterocycles. The van der Waals surface area contributed by atoms with Crippen LogP contribution in [0.5, 0.6) is 0 Å². The Bertz CT molecular complexity index is 429. The van der Waals surface area contributed by atoms with Crippen LogP contribution < -0.4 is 0 Å². The van der Waals surface area contributed by atoms with Crippen LogP contribution in [-0.4, -0.2) is 41.2 Å². The predicted molar refractivity (Wildman–Crippen MR) is 63.2 cm³/mol. The van der Waals surface area contributed by atoms with Gasteiger partial charge in [0.05, 0.1) is 17.8 Å². The lowest BCUT2D eigenvalue weighted by atomic mass is 9.81. The Morgan fingerprint density at radius 1 is 1.33 bits per heavy atom. The molecule has 0 amide bonds. The fourth-order valence-corrected chi connectivity index (χ4v) is 2.78. The number of ketones is 1. The van der Waals surface area contributed by atoms with E-state index in [0.29, 0.717) is 18.8 Å². The van der Waals surface area contributed by atoms with Gasteiger partial charge in [0.15, 0.2) is 5.78 Å². The minimum Gasteiger partial charge on any atom is -0.378 e. The third-order valence-electron chi connectivity index (χ3n) is 3.78. The lowest BCUT2D eigenvalue weighted by Crippen LogP contribution is -2.42. The number of carbonyl (C=O) groups is 1. The fourth-order valence-electron chi connectivity index (χ4n) is 2.78. The molecule has 0 aliphatic carbocycles. The average Bonchev–Trinajstić information content (AvgIpc) is 2.87. The fraction of sp³-hybridized carbons (Fsp3) is 0.615. The number of rotatable bonds is 2. The first-order valence-electron chi connectivity index (χ1n) is 6.30. The molecule has 2 aliphatic rings. The Labute approximate surface area is 106 Å². The predicted octanol–water partition coefficient (Wildman–Crippen LogP) is 1.24. The van der Waals surface area contributed by atoms with Gasteiger partial charge < -0.3 is 9.47 Å². The van der Waals surface area contributed by atoms with Crippen molar-refractivity contribution in [2.24, 2.45) is 5.92 Å². The van der Waals surface area contributed by atoms with E-state index in [0.717, 1.165) is 25.9 Å². The quantitative estimate of drug-likeness (QED) is 0.737. The van der Waals surface area contributed by atoms with Crippen molar-refractivity contribution in [3.05, 3.63) is 24.3 Å². The van der Waals surface area contributed by atoms with Crippen molar-refractivity contribution in [1.29, 1.82) is 0 Å². The molecule has 96 valence electrons. The summed E-state index contributed by atoms with van der Waals surface area (Å²) >= 11 is 0. The van der Waals surface area contributed by atoms with Crippen LogP contribution in [0.2, 0.25) is 0 Å². The molecule has 2 unspecified atom stereocenters. The van der Waals surface area contributed by atoms with Crippen LogP contribution in [0, 0.1) is 5.92 Å². The highest BCUT2D eigenvalue weighted by Gasteiger charge is 2.43. The number of hydrogen-bond donors (Lipinski definition) is 0. The third-order valence-corrected chi connectivity index (χ3v) is 3.78. The SMILES string of the molecule is O=C(c1cncnc1)C1CCOC2(CCOC2)C1. The van der Waals surface area contributed by atoms with E-state index in [-0.39, 0.29) is 17.3 Å². The lowest BCUT2D eigenvalue weighted by molar-refractivity contribution is -0.0920. The second kappa shape index (κ2) is 4.74. The van der Waals surface area contributed by atoms with E-state index in [2.05, 4.69) is 9.97 Å². The minimum absolute atomic E-state index is 0.00597. The molecule has 5 heteroatoms. The number of nitrogens with zero attached hydrogens (tertiary/aromatic N) is 2. The molecule has 0 N–H and O–H groups in total. The number of aromatic nitrogens is 2. The molecule has 3 heterocycles. The monoisotopic (exact) mass is 248 g/mol. The molecule has 0 saturated carbocycles. The van der Waals surface area contributed by atoms with E-state index in [4.69, 9.17) is 9.47 Å². The van der Waals surface area contributed by atoms with E-state index in [1.54, 1.807) is 12.4 Å². The van der Waals surface area contributed by atoms with Crippen molar-refractivity contribution in [2.75, 3.05) is 19.8 Å². The molecule has 2 saturated heterocycles. The number of carbonyl (C=O) groups excluding carboxylic acids is 1. The maximum absolute atomic E-state index is 12.4. The Morgan fingerprint density at radius 3 is 2.89 bits per heavy atom. The second-order valence-corrected chi connectivity index (χ2v) is 5.02. The second-order valence-electron chi connectivity index (χ2n) is 5.02. The van der Waals surface area contributed by atoms with Crippen LogP contribution in [0.15, 0.2) is 18.7 Å². The van der Waals surface area contributed by atoms with Crippen molar-refractivity contribution in [3.8, 4) is 0 Å². The molecule has 3 rings (SSSR count). The molecule has 0 bridgehead atoms. The topological polar surface area (TPSA) is 61.3 Å². The van der Waals surface area contributed by atoms with Gasteiger partial charge in [-0.25, -0.2) is 9.97 Å². The zero-order valence-electron chi connectivity index (χ0n) is 10.2. The first-order chi connectivity index (χ1) is 8.79.